The van der Waals surface area contributed by atoms with Gasteiger partial charge in [0.15, 0.2) is 0 Å². The third-order valence-electron chi connectivity index (χ3n) is 2.81. The van der Waals surface area contributed by atoms with Gasteiger partial charge in [-0.25, -0.2) is 4.39 Å². The number of halogens is 3. The molecule has 0 aliphatic heterocycles. The van der Waals surface area contributed by atoms with Gasteiger partial charge < -0.3 is 11.1 Å². The summed E-state index contributed by atoms with van der Waals surface area (Å²) in [6.07, 6.45) is 0.799. The number of hydrogen-bond acceptors (Lipinski definition) is 2. The molecule has 0 radical (unpaired) electrons. The van der Waals surface area contributed by atoms with Crippen LogP contribution in [0.4, 0.5) is 10.1 Å². The zero-order valence-corrected chi connectivity index (χ0v) is 12.5. The normalized spacial score (nSPS) is 14.1. The number of benzene rings is 1. The fraction of sp³-hybridized carbons (Fsp3) is 0.417. The molecule has 2 atom stereocenters. The van der Waals surface area contributed by atoms with Crippen molar-refractivity contribution in [2.45, 2.75) is 26.3 Å². The first-order chi connectivity index (χ1) is 8.36. The highest BCUT2D eigenvalue weighted by Gasteiger charge is 2.21. The van der Waals surface area contributed by atoms with Gasteiger partial charge in [-0.05, 0) is 34.0 Å². The van der Waals surface area contributed by atoms with E-state index in [1.165, 1.54) is 6.07 Å². The molecular weight excluding hydrogens is 322 g/mol. The van der Waals surface area contributed by atoms with E-state index < -0.39 is 11.9 Å². The van der Waals surface area contributed by atoms with Crippen molar-refractivity contribution in [3.63, 3.8) is 0 Å². The minimum atomic E-state index is -0.622. The monoisotopic (exact) mass is 336 g/mol. The van der Waals surface area contributed by atoms with E-state index in [2.05, 4.69) is 21.2 Å². The van der Waals surface area contributed by atoms with Gasteiger partial charge >= 0.3 is 0 Å². The molecule has 0 spiro atoms. The van der Waals surface area contributed by atoms with Crippen LogP contribution < -0.4 is 11.1 Å². The molecule has 0 aliphatic rings. The summed E-state index contributed by atoms with van der Waals surface area (Å²) in [5.41, 5.74) is 6.14. The molecule has 0 heterocycles. The molecular formula is C12H15BrClFN2O. The zero-order chi connectivity index (χ0) is 13.9. The molecule has 1 rings (SSSR count). The van der Waals surface area contributed by atoms with Gasteiger partial charge in [0.25, 0.3) is 0 Å². The number of carbonyl (C=O) groups is 1. The van der Waals surface area contributed by atoms with E-state index in [4.69, 9.17) is 17.3 Å². The highest BCUT2D eigenvalue weighted by Crippen LogP contribution is 2.31. The van der Waals surface area contributed by atoms with Crippen molar-refractivity contribution in [3.8, 4) is 0 Å². The molecule has 0 saturated carbocycles. The molecule has 1 amide bonds. The summed E-state index contributed by atoms with van der Waals surface area (Å²) < 4.78 is 13.4. The fourth-order valence-corrected chi connectivity index (χ4v) is 2.28. The van der Waals surface area contributed by atoms with E-state index in [-0.39, 0.29) is 16.8 Å². The smallest absolute Gasteiger partial charge is 0.241 e. The predicted molar refractivity (Wildman–Crippen MR) is 75.2 cm³/mol. The number of nitrogens with one attached hydrogen (secondary N) is 1. The summed E-state index contributed by atoms with van der Waals surface area (Å²) >= 11 is 9.02. The Morgan fingerprint density at radius 3 is 2.72 bits per heavy atom. The van der Waals surface area contributed by atoms with Gasteiger partial charge in [0.2, 0.25) is 5.91 Å². The van der Waals surface area contributed by atoms with Crippen LogP contribution in [0.3, 0.4) is 0 Å². The van der Waals surface area contributed by atoms with Crippen LogP contribution in [-0.2, 0) is 4.79 Å². The first kappa shape index (κ1) is 15.4. The second kappa shape index (κ2) is 6.50. The van der Waals surface area contributed by atoms with Crippen molar-refractivity contribution >= 4 is 39.1 Å². The first-order valence-corrected chi connectivity index (χ1v) is 6.74. The summed E-state index contributed by atoms with van der Waals surface area (Å²) in [5.74, 6) is -0.752. The van der Waals surface area contributed by atoms with Crippen molar-refractivity contribution in [2.24, 2.45) is 11.7 Å². The fourth-order valence-electron chi connectivity index (χ4n) is 1.38. The number of anilines is 1. The SMILES string of the molecule is CCC(C)C(N)C(=O)Nc1c(Cl)cc(F)cc1Br. The molecule has 2 unspecified atom stereocenters. The van der Waals surface area contributed by atoms with Crippen LogP contribution >= 0.6 is 27.5 Å². The van der Waals surface area contributed by atoms with Gasteiger partial charge in [0, 0.05) is 4.47 Å². The Balaban J connectivity index is 2.89. The van der Waals surface area contributed by atoms with Crippen molar-refractivity contribution in [1.82, 2.24) is 0 Å². The third-order valence-corrected chi connectivity index (χ3v) is 3.74. The lowest BCUT2D eigenvalue weighted by Crippen LogP contribution is -2.40. The molecule has 6 heteroatoms. The lowest BCUT2D eigenvalue weighted by molar-refractivity contribution is -0.118. The standard InChI is InChI=1S/C12H15BrClFN2O/c1-3-6(2)10(16)12(18)17-11-8(13)4-7(15)5-9(11)14/h4-6,10H,3,16H2,1-2H3,(H,17,18). The largest absolute Gasteiger partial charge is 0.322 e. The molecule has 0 aromatic heterocycles. The summed E-state index contributed by atoms with van der Waals surface area (Å²) in [6.45, 7) is 3.85. The van der Waals surface area contributed by atoms with Crippen LogP contribution in [0.25, 0.3) is 0 Å². The van der Waals surface area contributed by atoms with Gasteiger partial charge in [-0.3, -0.25) is 4.79 Å². The number of hydrogen-bond donors (Lipinski definition) is 2. The van der Waals surface area contributed by atoms with Gasteiger partial charge in [0.1, 0.15) is 5.82 Å². The maximum atomic E-state index is 13.0. The summed E-state index contributed by atoms with van der Waals surface area (Å²) in [4.78, 5) is 11.9. The molecule has 0 aliphatic carbocycles. The first-order valence-electron chi connectivity index (χ1n) is 5.57. The van der Waals surface area contributed by atoms with Crippen molar-refractivity contribution in [3.05, 3.63) is 27.4 Å². The van der Waals surface area contributed by atoms with Crippen LogP contribution in [0.5, 0.6) is 0 Å². The van der Waals surface area contributed by atoms with Crippen LogP contribution in [0, 0.1) is 11.7 Å². The van der Waals surface area contributed by atoms with Gasteiger partial charge in [0.05, 0.1) is 16.8 Å². The maximum Gasteiger partial charge on any atom is 0.241 e. The van der Waals surface area contributed by atoms with Gasteiger partial charge in [-0.2, -0.15) is 0 Å². The zero-order valence-electron chi connectivity index (χ0n) is 10.1. The maximum absolute atomic E-state index is 13.0. The van der Waals surface area contributed by atoms with Crippen LogP contribution in [0.15, 0.2) is 16.6 Å². The van der Waals surface area contributed by atoms with E-state index in [0.29, 0.717) is 10.2 Å². The molecule has 0 fully saturated rings. The number of amides is 1. The number of nitrogens with two attached hydrogens (primary N) is 1. The van der Waals surface area contributed by atoms with Crippen LogP contribution in [0.2, 0.25) is 5.02 Å². The average Bonchev–Trinajstić information content (AvgIpc) is 2.31. The summed E-state index contributed by atoms with van der Waals surface area (Å²) in [6, 6.07) is 1.75. The molecule has 18 heavy (non-hydrogen) atoms. The Morgan fingerprint density at radius 1 is 1.61 bits per heavy atom. The van der Waals surface area contributed by atoms with Crippen LogP contribution in [0.1, 0.15) is 20.3 Å². The Labute approximate surface area is 119 Å². The van der Waals surface area contributed by atoms with E-state index in [0.717, 1.165) is 12.5 Å². The van der Waals surface area contributed by atoms with E-state index in [9.17, 15) is 9.18 Å². The minimum absolute atomic E-state index is 0.0583. The van der Waals surface area contributed by atoms with E-state index in [1.807, 2.05) is 13.8 Å². The highest BCUT2D eigenvalue weighted by molar-refractivity contribution is 9.10. The van der Waals surface area contributed by atoms with E-state index in [1.54, 1.807) is 0 Å². The van der Waals surface area contributed by atoms with Gasteiger partial charge in [-0.1, -0.05) is 31.9 Å². The molecule has 1 aromatic rings. The van der Waals surface area contributed by atoms with Crippen molar-refractivity contribution < 1.29 is 9.18 Å². The van der Waals surface area contributed by atoms with Crippen molar-refractivity contribution in [2.75, 3.05) is 5.32 Å². The second-order valence-electron chi connectivity index (χ2n) is 4.15. The Kier molecular flexibility index (Phi) is 5.56. The predicted octanol–water partition coefficient (Wildman–Crippen LogP) is 3.55. The molecule has 1 aromatic carbocycles. The quantitative estimate of drug-likeness (QED) is 0.882. The third kappa shape index (κ3) is 3.67. The lowest BCUT2D eigenvalue weighted by atomic mass is 9.99. The second-order valence-corrected chi connectivity index (χ2v) is 5.41. The minimum Gasteiger partial charge on any atom is -0.322 e. The highest BCUT2D eigenvalue weighted by atomic mass is 79.9. The van der Waals surface area contributed by atoms with Crippen molar-refractivity contribution in [1.29, 1.82) is 0 Å². The summed E-state index contributed by atoms with van der Waals surface area (Å²) in [5, 5.41) is 2.74. The summed E-state index contributed by atoms with van der Waals surface area (Å²) in [7, 11) is 0. The Hall–Kier alpha value is -0.650. The molecule has 3 nitrogen and oxygen atoms in total. The van der Waals surface area contributed by atoms with Gasteiger partial charge in [-0.15, -0.1) is 0 Å². The van der Waals surface area contributed by atoms with E-state index >= 15 is 0 Å². The average molecular weight is 338 g/mol. The number of carbonyl (C=O) groups excluding carboxylic acids is 1. The molecule has 3 N–H and O–H groups in total. The Morgan fingerprint density at radius 2 is 2.22 bits per heavy atom. The molecule has 0 saturated heterocycles. The Bertz CT molecular complexity index is 433. The number of rotatable bonds is 4. The lowest BCUT2D eigenvalue weighted by Gasteiger charge is -2.18. The molecule has 100 valence electrons. The topological polar surface area (TPSA) is 55.1 Å². The molecule has 0 bridgehead atoms. The van der Waals surface area contributed by atoms with Crippen LogP contribution in [-0.4, -0.2) is 11.9 Å².